The number of fused-ring (bicyclic) bond motifs is 1. The van der Waals surface area contributed by atoms with Crippen LogP contribution < -0.4 is 9.47 Å². The molecule has 0 radical (unpaired) electrons. The van der Waals surface area contributed by atoms with E-state index in [4.69, 9.17) is 14.2 Å². The average Bonchev–Trinajstić information content (AvgIpc) is 3.09. The summed E-state index contributed by atoms with van der Waals surface area (Å²) in [6.45, 7) is 7.17. The zero-order valence-electron chi connectivity index (χ0n) is 15.1. The van der Waals surface area contributed by atoms with Gasteiger partial charge in [-0.1, -0.05) is 0 Å². The lowest BCUT2D eigenvalue weighted by Gasteiger charge is -2.10. The van der Waals surface area contributed by atoms with Gasteiger partial charge in [0.2, 0.25) is 5.78 Å². The van der Waals surface area contributed by atoms with Crippen LogP contribution >= 0.6 is 11.3 Å². The summed E-state index contributed by atoms with van der Waals surface area (Å²) in [5, 5.41) is 1.97. The summed E-state index contributed by atoms with van der Waals surface area (Å²) in [5.74, 6) is 0.621. The molecule has 2 aromatic rings. The minimum absolute atomic E-state index is 0.143. The third-order valence-electron chi connectivity index (χ3n) is 3.83. The van der Waals surface area contributed by atoms with Gasteiger partial charge in [-0.3, -0.25) is 4.79 Å². The van der Waals surface area contributed by atoms with Crippen LogP contribution in [0.25, 0.3) is 6.08 Å². The van der Waals surface area contributed by atoms with Crippen molar-refractivity contribution in [2.24, 2.45) is 0 Å². The van der Waals surface area contributed by atoms with Crippen LogP contribution in [-0.4, -0.2) is 24.5 Å². The number of ketones is 1. The molecular weight excluding hydrogens is 352 g/mol. The molecule has 1 aromatic heterocycles. The summed E-state index contributed by atoms with van der Waals surface area (Å²) in [7, 11) is 0. The molecule has 26 heavy (non-hydrogen) atoms. The molecule has 3 rings (SSSR count). The highest BCUT2D eigenvalue weighted by molar-refractivity contribution is 7.11. The van der Waals surface area contributed by atoms with Gasteiger partial charge < -0.3 is 14.2 Å². The molecule has 1 aliphatic heterocycles. The second-order valence-electron chi connectivity index (χ2n) is 6.35. The minimum Gasteiger partial charge on any atom is -0.482 e. The lowest BCUT2D eigenvalue weighted by atomic mass is 10.0. The topological polar surface area (TPSA) is 61.8 Å². The highest BCUT2D eigenvalue weighted by atomic mass is 32.1. The van der Waals surface area contributed by atoms with Crippen molar-refractivity contribution in [2.45, 2.75) is 33.8 Å². The molecule has 0 amide bonds. The molecule has 0 unspecified atom stereocenters. The number of hydrogen-bond acceptors (Lipinski definition) is 6. The summed E-state index contributed by atoms with van der Waals surface area (Å²) in [5.41, 5.74) is 2.37. The van der Waals surface area contributed by atoms with E-state index in [0.717, 1.165) is 16.0 Å². The first-order valence-corrected chi connectivity index (χ1v) is 9.18. The molecule has 0 bridgehead atoms. The van der Waals surface area contributed by atoms with Gasteiger partial charge in [0.05, 0.1) is 11.7 Å². The van der Waals surface area contributed by atoms with E-state index in [2.05, 4.69) is 0 Å². The quantitative estimate of drug-likeness (QED) is 0.578. The summed E-state index contributed by atoms with van der Waals surface area (Å²) >= 11 is 1.56. The van der Waals surface area contributed by atoms with E-state index in [1.807, 2.05) is 25.3 Å². The predicted octanol–water partition coefficient (Wildman–Crippen LogP) is 4.31. The Labute approximate surface area is 156 Å². The lowest BCUT2D eigenvalue weighted by molar-refractivity contribution is -0.149. The highest BCUT2D eigenvalue weighted by Crippen LogP contribution is 2.38. The van der Waals surface area contributed by atoms with Gasteiger partial charge in [0.1, 0.15) is 11.5 Å². The Morgan fingerprint density at radius 1 is 1.27 bits per heavy atom. The van der Waals surface area contributed by atoms with Crippen LogP contribution in [0.15, 0.2) is 29.3 Å². The van der Waals surface area contributed by atoms with Crippen molar-refractivity contribution in [3.8, 4) is 11.5 Å². The van der Waals surface area contributed by atoms with Crippen molar-refractivity contribution in [3.05, 3.63) is 50.9 Å². The number of aryl methyl sites for hydroxylation is 2. The molecule has 0 spiro atoms. The molecule has 2 heterocycles. The van der Waals surface area contributed by atoms with Crippen molar-refractivity contribution >= 4 is 29.2 Å². The number of ether oxygens (including phenoxy) is 3. The number of allylic oxidation sites excluding steroid dienone is 1. The summed E-state index contributed by atoms with van der Waals surface area (Å²) in [4.78, 5) is 25.3. The number of rotatable bonds is 5. The van der Waals surface area contributed by atoms with Crippen molar-refractivity contribution in [1.29, 1.82) is 0 Å². The molecule has 1 aromatic carbocycles. The maximum Gasteiger partial charge on any atom is 0.344 e. The maximum absolute atomic E-state index is 12.7. The Kier molecular flexibility index (Phi) is 5.13. The molecule has 136 valence electrons. The highest BCUT2D eigenvalue weighted by Gasteiger charge is 2.30. The van der Waals surface area contributed by atoms with E-state index in [9.17, 15) is 9.59 Å². The maximum atomic E-state index is 12.7. The third kappa shape index (κ3) is 3.80. The number of thiophene rings is 1. The van der Waals surface area contributed by atoms with E-state index in [1.54, 1.807) is 43.4 Å². The van der Waals surface area contributed by atoms with Crippen molar-refractivity contribution in [3.63, 3.8) is 0 Å². The van der Waals surface area contributed by atoms with Gasteiger partial charge in [-0.15, -0.1) is 11.3 Å². The molecule has 0 atom stereocenters. The zero-order chi connectivity index (χ0) is 18.8. The molecular formula is C20H20O5S. The van der Waals surface area contributed by atoms with E-state index in [0.29, 0.717) is 22.8 Å². The summed E-state index contributed by atoms with van der Waals surface area (Å²) in [6.07, 6.45) is 1.57. The summed E-state index contributed by atoms with van der Waals surface area (Å²) < 4.78 is 16.3. The monoisotopic (exact) mass is 372 g/mol. The van der Waals surface area contributed by atoms with Crippen LogP contribution in [-0.2, 0) is 9.53 Å². The average molecular weight is 372 g/mol. The van der Waals surface area contributed by atoms with Crippen LogP contribution in [0.1, 0.15) is 40.2 Å². The first kappa shape index (κ1) is 18.2. The van der Waals surface area contributed by atoms with Gasteiger partial charge in [0.25, 0.3) is 0 Å². The van der Waals surface area contributed by atoms with E-state index >= 15 is 0 Å². The second-order valence-corrected chi connectivity index (χ2v) is 7.30. The van der Waals surface area contributed by atoms with Gasteiger partial charge in [0.15, 0.2) is 12.4 Å². The predicted molar refractivity (Wildman–Crippen MR) is 99.9 cm³/mol. The number of hydrogen-bond donors (Lipinski definition) is 0. The van der Waals surface area contributed by atoms with Crippen molar-refractivity contribution < 1.29 is 23.8 Å². The first-order chi connectivity index (χ1) is 12.3. The van der Waals surface area contributed by atoms with Crippen LogP contribution in [0, 0.1) is 13.8 Å². The van der Waals surface area contributed by atoms with Crippen LogP contribution in [0.3, 0.4) is 0 Å². The molecule has 0 fully saturated rings. The van der Waals surface area contributed by atoms with E-state index in [-0.39, 0.29) is 18.5 Å². The van der Waals surface area contributed by atoms with Gasteiger partial charge >= 0.3 is 5.97 Å². The van der Waals surface area contributed by atoms with Crippen LogP contribution in [0.5, 0.6) is 11.5 Å². The second kappa shape index (κ2) is 7.33. The van der Waals surface area contributed by atoms with Gasteiger partial charge in [-0.25, -0.2) is 4.79 Å². The van der Waals surface area contributed by atoms with Crippen LogP contribution in [0.4, 0.5) is 0 Å². The largest absolute Gasteiger partial charge is 0.482 e. The molecule has 0 saturated heterocycles. The Hall–Kier alpha value is -2.60. The van der Waals surface area contributed by atoms with E-state index in [1.165, 1.54) is 0 Å². The summed E-state index contributed by atoms with van der Waals surface area (Å²) in [6, 6.07) is 5.35. The zero-order valence-corrected chi connectivity index (χ0v) is 15.9. The number of benzene rings is 1. The van der Waals surface area contributed by atoms with Gasteiger partial charge in [-0.2, -0.15) is 0 Å². The molecule has 0 saturated carbocycles. The lowest BCUT2D eigenvalue weighted by Crippen LogP contribution is -2.18. The standard InChI is InChI=1S/C20H20O5S/c1-11(2)24-18(21)10-23-14-7-13(4)19-15(8-14)25-16(20(19)22)9-17-12(3)5-6-26-17/h5-9,11H,10H2,1-4H3/b16-9-. The van der Waals surface area contributed by atoms with E-state index < -0.39 is 5.97 Å². The Morgan fingerprint density at radius 3 is 2.69 bits per heavy atom. The number of Topliss-reactive ketones (excluding diaryl/α,β-unsaturated/α-hetero) is 1. The Balaban J connectivity index is 1.79. The SMILES string of the molecule is Cc1ccsc1/C=C1\Oc2cc(OCC(=O)OC(C)C)cc(C)c2C1=O. The third-order valence-corrected chi connectivity index (χ3v) is 4.80. The smallest absolute Gasteiger partial charge is 0.344 e. The Bertz CT molecular complexity index is 892. The number of esters is 1. The minimum atomic E-state index is -0.441. The fraction of sp³-hybridized carbons (Fsp3) is 0.300. The van der Waals surface area contributed by atoms with Crippen molar-refractivity contribution in [2.75, 3.05) is 6.61 Å². The molecule has 5 nitrogen and oxygen atoms in total. The first-order valence-electron chi connectivity index (χ1n) is 8.30. The van der Waals surface area contributed by atoms with Gasteiger partial charge in [-0.05, 0) is 56.3 Å². The fourth-order valence-electron chi connectivity index (χ4n) is 2.65. The fourth-order valence-corrected chi connectivity index (χ4v) is 3.50. The van der Waals surface area contributed by atoms with Gasteiger partial charge in [0, 0.05) is 17.0 Å². The molecule has 1 aliphatic rings. The van der Waals surface area contributed by atoms with Crippen LogP contribution in [0.2, 0.25) is 0 Å². The number of carbonyl (C=O) groups excluding carboxylic acids is 2. The van der Waals surface area contributed by atoms with Crippen molar-refractivity contribution in [1.82, 2.24) is 0 Å². The normalized spacial score (nSPS) is 14.5. The molecule has 0 aliphatic carbocycles. The molecule has 6 heteroatoms. The molecule has 0 N–H and O–H groups in total. The Morgan fingerprint density at radius 2 is 2.04 bits per heavy atom. The number of carbonyl (C=O) groups is 2.